The number of hydrogen-bond donors (Lipinski definition) is 1. The van der Waals surface area contributed by atoms with Crippen LogP contribution in [0, 0.1) is 5.82 Å². The summed E-state index contributed by atoms with van der Waals surface area (Å²) in [5, 5.41) is 10.8. The Morgan fingerprint density at radius 2 is 1.91 bits per heavy atom. The van der Waals surface area contributed by atoms with E-state index in [1.54, 1.807) is 43.3 Å². The summed E-state index contributed by atoms with van der Waals surface area (Å²) in [5.74, 6) is -1.10. The number of hydrogen-bond acceptors (Lipinski definition) is 6. The molecule has 0 aromatic heterocycles. The number of nitrogens with zero attached hydrogens (tertiary/aromatic N) is 1. The monoisotopic (exact) mass is 547 g/mol. The van der Waals surface area contributed by atoms with Gasteiger partial charge in [-0.05, 0) is 70.7 Å². The number of aliphatic imine (C=N–C) groups is 1. The smallest absolute Gasteiger partial charge is 0.344 e. The van der Waals surface area contributed by atoms with Crippen LogP contribution < -0.4 is 4.74 Å². The van der Waals surface area contributed by atoms with Crippen LogP contribution in [0.25, 0.3) is 6.08 Å². The van der Waals surface area contributed by atoms with E-state index in [4.69, 9.17) is 9.47 Å². The Hall–Kier alpha value is -2.91. The summed E-state index contributed by atoms with van der Waals surface area (Å²) in [6.45, 7) is 3.91. The van der Waals surface area contributed by atoms with Gasteiger partial charge >= 0.3 is 5.97 Å². The molecule has 2 aromatic rings. The fourth-order valence-electron chi connectivity index (χ4n) is 2.99. The van der Waals surface area contributed by atoms with Gasteiger partial charge in [-0.3, -0.25) is 4.79 Å². The SMILES string of the molecule is CCCC(=O)N=C1S/C(=C\c2ccc(OCc3ccc(F)cc3)c(Br)c2)C(O)=C1C(=O)OCC. The minimum atomic E-state index is -0.732. The number of carbonyl (C=O) groups is 2. The van der Waals surface area contributed by atoms with Crippen LogP contribution in [0.2, 0.25) is 0 Å². The average Bonchev–Trinajstić information content (AvgIpc) is 3.09. The molecule has 1 aliphatic heterocycles. The lowest BCUT2D eigenvalue weighted by molar-refractivity contribution is -0.138. The van der Waals surface area contributed by atoms with E-state index < -0.39 is 5.97 Å². The highest BCUT2D eigenvalue weighted by atomic mass is 79.9. The van der Waals surface area contributed by atoms with E-state index >= 15 is 0 Å². The molecule has 1 amide bonds. The van der Waals surface area contributed by atoms with E-state index in [-0.39, 0.29) is 47.7 Å². The molecule has 0 fully saturated rings. The Balaban J connectivity index is 1.83. The predicted molar refractivity (Wildman–Crippen MR) is 134 cm³/mol. The maximum atomic E-state index is 13.1. The number of carbonyl (C=O) groups excluding carboxylic acids is 2. The van der Waals surface area contributed by atoms with Gasteiger partial charge in [-0.1, -0.05) is 36.9 Å². The lowest BCUT2D eigenvalue weighted by atomic mass is 10.1. The number of thioether (sulfide) groups is 1. The summed E-state index contributed by atoms with van der Waals surface area (Å²) in [6.07, 6.45) is 2.55. The standard InChI is InChI=1S/C25H23BrFNO5S/c1-3-5-21(29)28-24-22(25(31)32-4-2)23(30)20(34-24)13-16-8-11-19(18(26)12-16)33-14-15-6-9-17(27)10-7-15/h6-13,30H,3-5,14H2,1-2H3/b20-13-,28-24?. The number of ether oxygens (including phenoxy) is 2. The highest BCUT2D eigenvalue weighted by Gasteiger charge is 2.33. The zero-order valence-corrected chi connectivity index (χ0v) is 21.0. The van der Waals surface area contributed by atoms with Gasteiger partial charge in [0.25, 0.3) is 0 Å². The normalized spacial score (nSPS) is 15.8. The van der Waals surface area contributed by atoms with Crippen LogP contribution in [0.4, 0.5) is 4.39 Å². The van der Waals surface area contributed by atoms with Crippen LogP contribution in [0.1, 0.15) is 37.8 Å². The van der Waals surface area contributed by atoms with Crippen LogP contribution in [0.15, 0.2) is 68.2 Å². The van der Waals surface area contributed by atoms with Crippen molar-refractivity contribution in [1.82, 2.24) is 0 Å². The van der Waals surface area contributed by atoms with Crippen molar-refractivity contribution in [1.29, 1.82) is 0 Å². The summed E-state index contributed by atoms with van der Waals surface area (Å²) in [7, 11) is 0. The number of aliphatic hydroxyl groups is 1. The number of rotatable bonds is 8. The molecule has 0 atom stereocenters. The largest absolute Gasteiger partial charge is 0.506 e. The molecule has 0 aliphatic carbocycles. The van der Waals surface area contributed by atoms with Crippen molar-refractivity contribution in [2.45, 2.75) is 33.3 Å². The lowest BCUT2D eigenvalue weighted by Gasteiger charge is -2.09. The Kier molecular flexibility index (Phi) is 9.06. The van der Waals surface area contributed by atoms with Crippen molar-refractivity contribution in [2.24, 2.45) is 4.99 Å². The molecule has 9 heteroatoms. The number of benzene rings is 2. The van der Waals surface area contributed by atoms with Gasteiger partial charge in [-0.2, -0.15) is 0 Å². The fourth-order valence-corrected chi connectivity index (χ4v) is 4.53. The van der Waals surface area contributed by atoms with Gasteiger partial charge in [0.15, 0.2) is 0 Å². The van der Waals surface area contributed by atoms with Crippen molar-refractivity contribution in [3.8, 4) is 5.75 Å². The summed E-state index contributed by atoms with van der Waals surface area (Å²) in [6, 6.07) is 11.4. The Morgan fingerprint density at radius 1 is 1.18 bits per heavy atom. The minimum absolute atomic E-state index is 0.110. The molecular formula is C25H23BrFNO5S. The summed E-state index contributed by atoms with van der Waals surface area (Å²) >= 11 is 4.51. The van der Waals surface area contributed by atoms with Gasteiger partial charge in [0.1, 0.15) is 34.5 Å². The third-order valence-electron chi connectivity index (χ3n) is 4.62. The van der Waals surface area contributed by atoms with E-state index in [1.165, 1.54) is 12.1 Å². The van der Waals surface area contributed by atoms with Gasteiger partial charge in [-0.15, -0.1) is 0 Å². The van der Waals surface area contributed by atoms with E-state index in [9.17, 15) is 19.1 Å². The third-order valence-corrected chi connectivity index (χ3v) is 6.26. The quantitative estimate of drug-likeness (QED) is 0.387. The third kappa shape index (κ3) is 6.57. The van der Waals surface area contributed by atoms with Crippen LogP contribution in [-0.4, -0.2) is 28.6 Å². The topological polar surface area (TPSA) is 85.2 Å². The first-order valence-electron chi connectivity index (χ1n) is 10.6. The predicted octanol–water partition coefficient (Wildman–Crippen LogP) is 6.36. The van der Waals surface area contributed by atoms with Crippen LogP contribution in [0.5, 0.6) is 5.75 Å². The van der Waals surface area contributed by atoms with Crippen LogP contribution in [0.3, 0.4) is 0 Å². The molecular weight excluding hydrogens is 525 g/mol. The number of aliphatic hydroxyl groups excluding tert-OH is 1. The minimum Gasteiger partial charge on any atom is -0.506 e. The van der Waals surface area contributed by atoms with E-state index in [2.05, 4.69) is 20.9 Å². The number of amides is 1. The second-order valence-electron chi connectivity index (χ2n) is 7.22. The van der Waals surface area contributed by atoms with Gasteiger partial charge in [0, 0.05) is 6.42 Å². The Labute approximate surface area is 209 Å². The average molecular weight is 548 g/mol. The lowest BCUT2D eigenvalue weighted by Crippen LogP contribution is -2.14. The molecule has 0 unspecified atom stereocenters. The summed E-state index contributed by atoms with van der Waals surface area (Å²) in [5.41, 5.74) is 1.44. The Morgan fingerprint density at radius 3 is 2.56 bits per heavy atom. The molecule has 6 nitrogen and oxygen atoms in total. The van der Waals surface area contributed by atoms with Gasteiger partial charge in [-0.25, -0.2) is 14.2 Å². The zero-order valence-electron chi connectivity index (χ0n) is 18.6. The summed E-state index contributed by atoms with van der Waals surface area (Å²) < 4.78 is 24.6. The molecule has 34 heavy (non-hydrogen) atoms. The molecule has 0 radical (unpaired) electrons. The number of esters is 1. The molecule has 1 heterocycles. The van der Waals surface area contributed by atoms with E-state index in [0.29, 0.717) is 21.5 Å². The first kappa shape index (κ1) is 25.7. The second-order valence-corrected chi connectivity index (χ2v) is 9.11. The molecule has 0 bridgehead atoms. The van der Waals surface area contributed by atoms with Crippen molar-refractivity contribution < 1.29 is 28.6 Å². The maximum absolute atomic E-state index is 13.1. The van der Waals surface area contributed by atoms with Crippen LogP contribution >= 0.6 is 27.7 Å². The second kappa shape index (κ2) is 12.0. The molecule has 1 aliphatic rings. The van der Waals surface area contributed by atoms with Crippen LogP contribution in [-0.2, 0) is 20.9 Å². The van der Waals surface area contributed by atoms with E-state index in [0.717, 1.165) is 22.9 Å². The van der Waals surface area contributed by atoms with Crippen molar-refractivity contribution in [3.63, 3.8) is 0 Å². The van der Waals surface area contributed by atoms with Gasteiger partial charge < -0.3 is 14.6 Å². The first-order valence-corrected chi connectivity index (χ1v) is 12.2. The molecule has 3 rings (SSSR count). The maximum Gasteiger partial charge on any atom is 0.344 e. The van der Waals surface area contributed by atoms with Crippen molar-refractivity contribution >= 4 is 50.7 Å². The number of halogens is 2. The first-order chi connectivity index (χ1) is 16.3. The highest BCUT2D eigenvalue weighted by molar-refractivity contribution is 9.10. The highest BCUT2D eigenvalue weighted by Crippen LogP contribution is 2.40. The Bertz CT molecular complexity index is 1170. The fraction of sp³-hybridized carbons (Fsp3) is 0.240. The van der Waals surface area contributed by atoms with Crippen molar-refractivity contribution in [3.05, 3.63) is 80.1 Å². The molecule has 2 aromatic carbocycles. The van der Waals surface area contributed by atoms with Gasteiger partial charge in [0.05, 0.1) is 16.0 Å². The summed E-state index contributed by atoms with van der Waals surface area (Å²) in [4.78, 5) is 28.8. The molecule has 0 spiro atoms. The molecule has 1 N–H and O–H groups in total. The molecule has 0 saturated heterocycles. The molecule has 0 saturated carbocycles. The van der Waals surface area contributed by atoms with E-state index in [1.807, 2.05) is 6.92 Å². The zero-order chi connectivity index (χ0) is 24.7. The van der Waals surface area contributed by atoms with Gasteiger partial charge in [0.2, 0.25) is 5.91 Å². The molecule has 178 valence electrons. The van der Waals surface area contributed by atoms with Crippen molar-refractivity contribution in [2.75, 3.05) is 6.61 Å².